The Balaban J connectivity index is 2.61. The van der Waals surface area contributed by atoms with Crippen LogP contribution in [0.3, 0.4) is 0 Å². The second kappa shape index (κ2) is 7.01. The number of nitrogens with two attached hydrogens (primary N) is 1. The maximum Gasteiger partial charge on any atom is 0.228 e. The first kappa shape index (κ1) is 14.5. The third-order valence-electron chi connectivity index (χ3n) is 2.49. The third kappa shape index (κ3) is 4.75. The molecule has 1 amide bonds. The number of hydrogen-bond acceptors (Lipinski definition) is 3. The number of rotatable bonds is 6. The minimum atomic E-state index is -0.190. The molecule has 4 nitrogen and oxygen atoms in total. The van der Waals surface area contributed by atoms with Crippen LogP contribution in [0, 0.1) is 11.8 Å². The molecule has 0 fully saturated rings. The standard InChI is InChI=1S/C14H22N2O2/c1-10(2)9-18-13-6-4-5-12(7-13)16-14(17)11(3)8-15/h4-7,10-11H,8-9,15H2,1-3H3,(H,16,17). The molecular weight excluding hydrogens is 228 g/mol. The first-order chi connectivity index (χ1) is 8.52. The molecule has 1 aromatic rings. The topological polar surface area (TPSA) is 64.3 Å². The van der Waals surface area contributed by atoms with Gasteiger partial charge >= 0.3 is 0 Å². The third-order valence-corrected chi connectivity index (χ3v) is 2.49. The minimum absolute atomic E-state index is 0.0708. The monoisotopic (exact) mass is 250 g/mol. The van der Waals surface area contributed by atoms with Crippen LogP contribution in [0.4, 0.5) is 5.69 Å². The van der Waals surface area contributed by atoms with Crippen molar-refractivity contribution in [2.45, 2.75) is 20.8 Å². The molecule has 0 heterocycles. The van der Waals surface area contributed by atoms with Crippen molar-refractivity contribution in [1.29, 1.82) is 0 Å². The van der Waals surface area contributed by atoms with Crippen LogP contribution in [0.15, 0.2) is 24.3 Å². The SMILES string of the molecule is CC(C)COc1cccc(NC(=O)C(C)CN)c1. The van der Waals surface area contributed by atoms with Crippen LogP contribution in [-0.4, -0.2) is 19.1 Å². The van der Waals surface area contributed by atoms with Crippen LogP contribution in [-0.2, 0) is 4.79 Å². The lowest BCUT2D eigenvalue weighted by Crippen LogP contribution is -2.26. The van der Waals surface area contributed by atoms with Gasteiger partial charge in [0, 0.05) is 24.2 Å². The molecule has 1 rings (SSSR count). The number of ether oxygens (including phenoxy) is 1. The van der Waals surface area contributed by atoms with Gasteiger partial charge in [-0.05, 0) is 18.1 Å². The van der Waals surface area contributed by atoms with E-state index in [-0.39, 0.29) is 11.8 Å². The second-order valence-electron chi connectivity index (χ2n) is 4.86. The predicted octanol–water partition coefficient (Wildman–Crippen LogP) is 2.25. The zero-order chi connectivity index (χ0) is 13.5. The van der Waals surface area contributed by atoms with Crippen LogP contribution < -0.4 is 15.8 Å². The lowest BCUT2D eigenvalue weighted by Gasteiger charge is -2.12. The predicted molar refractivity (Wildman–Crippen MR) is 73.6 cm³/mol. The van der Waals surface area contributed by atoms with Gasteiger partial charge in [-0.2, -0.15) is 0 Å². The quantitative estimate of drug-likeness (QED) is 0.814. The van der Waals surface area contributed by atoms with E-state index in [9.17, 15) is 4.79 Å². The van der Waals surface area contributed by atoms with E-state index in [0.717, 1.165) is 11.4 Å². The second-order valence-corrected chi connectivity index (χ2v) is 4.86. The summed E-state index contributed by atoms with van der Waals surface area (Å²) in [5.41, 5.74) is 6.19. The minimum Gasteiger partial charge on any atom is -0.493 e. The summed E-state index contributed by atoms with van der Waals surface area (Å²) in [4.78, 5) is 11.7. The average molecular weight is 250 g/mol. The Bertz CT molecular complexity index is 391. The zero-order valence-corrected chi connectivity index (χ0v) is 11.3. The number of nitrogens with one attached hydrogen (secondary N) is 1. The highest BCUT2D eigenvalue weighted by Crippen LogP contribution is 2.18. The van der Waals surface area contributed by atoms with Crippen molar-refractivity contribution in [2.75, 3.05) is 18.5 Å². The van der Waals surface area contributed by atoms with Gasteiger partial charge in [0.15, 0.2) is 0 Å². The van der Waals surface area contributed by atoms with Crippen LogP contribution in [0.25, 0.3) is 0 Å². The first-order valence-electron chi connectivity index (χ1n) is 6.26. The highest BCUT2D eigenvalue weighted by Gasteiger charge is 2.10. The van der Waals surface area contributed by atoms with E-state index >= 15 is 0 Å². The van der Waals surface area contributed by atoms with Crippen molar-refractivity contribution < 1.29 is 9.53 Å². The van der Waals surface area contributed by atoms with Gasteiger partial charge in [-0.1, -0.05) is 26.8 Å². The molecule has 0 radical (unpaired) electrons. The van der Waals surface area contributed by atoms with E-state index in [1.807, 2.05) is 24.3 Å². The van der Waals surface area contributed by atoms with Crippen molar-refractivity contribution in [2.24, 2.45) is 17.6 Å². The lowest BCUT2D eigenvalue weighted by atomic mass is 10.1. The summed E-state index contributed by atoms with van der Waals surface area (Å²) in [7, 11) is 0. The molecule has 0 aromatic heterocycles. The fraction of sp³-hybridized carbons (Fsp3) is 0.500. The summed E-state index contributed by atoms with van der Waals surface area (Å²) in [5, 5.41) is 2.82. The van der Waals surface area contributed by atoms with Crippen molar-refractivity contribution in [3.63, 3.8) is 0 Å². The molecular formula is C14H22N2O2. The summed E-state index contributed by atoms with van der Waals surface area (Å²) < 4.78 is 5.60. The van der Waals surface area contributed by atoms with Crippen molar-refractivity contribution >= 4 is 11.6 Å². The van der Waals surface area contributed by atoms with Gasteiger partial charge in [0.1, 0.15) is 5.75 Å². The zero-order valence-electron chi connectivity index (χ0n) is 11.3. The molecule has 1 aromatic carbocycles. The van der Waals surface area contributed by atoms with E-state index in [1.165, 1.54) is 0 Å². The van der Waals surface area contributed by atoms with Crippen LogP contribution in [0.1, 0.15) is 20.8 Å². The van der Waals surface area contributed by atoms with Crippen molar-refractivity contribution in [1.82, 2.24) is 0 Å². The average Bonchev–Trinajstić information content (AvgIpc) is 2.35. The number of carbonyl (C=O) groups excluding carboxylic acids is 1. The maximum atomic E-state index is 11.7. The van der Waals surface area contributed by atoms with Gasteiger partial charge < -0.3 is 15.8 Å². The molecule has 0 spiro atoms. The normalized spacial score (nSPS) is 12.3. The molecule has 0 aliphatic carbocycles. The molecule has 3 N–H and O–H groups in total. The smallest absolute Gasteiger partial charge is 0.228 e. The Hall–Kier alpha value is -1.55. The molecule has 0 saturated carbocycles. The van der Waals surface area contributed by atoms with E-state index in [1.54, 1.807) is 6.92 Å². The first-order valence-corrected chi connectivity index (χ1v) is 6.26. The Morgan fingerprint density at radius 1 is 1.39 bits per heavy atom. The summed E-state index contributed by atoms with van der Waals surface area (Å²) in [6, 6.07) is 7.40. The summed E-state index contributed by atoms with van der Waals surface area (Å²) >= 11 is 0. The van der Waals surface area contributed by atoms with E-state index in [4.69, 9.17) is 10.5 Å². The van der Waals surface area contributed by atoms with Gasteiger partial charge in [0.25, 0.3) is 0 Å². The Morgan fingerprint density at radius 3 is 2.72 bits per heavy atom. The summed E-state index contributed by atoms with van der Waals surface area (Å²) in [6.07, 6.45) is 0. The van der Waals surface area contributed by atoms with Crippen LogP contribution in [0.2, 0.25) is 0 Å². The Morgan fingerprint density at radius 2 is 2.11 bits per heavy atom. The van der Waals surface area contributed by atoms with E-state index in [0.29, 0.717) is 19.1 Å². The molecule has 0 saturated heterocycles. The van der Waals surface area contributed by atoms with Gasteiger partial charge in [-0.15, -0.1) is 0 Å². The molecule has 0 aliphatic rings. The Labute approximate surface area is 109 Å². The summed E-state index contributed by atoms with van der Waals surface area (Å²) in [5.74, 6) is 0.978. The number of hydrogen-bond donors (Lipinski definition) is 2. The number of carbonyl (C=O) groups is 1. The lowest BCUT2D eigenvalue weighted by molar-refractivity contribution is -0.119. The molecule has 0 bridgehead atoms. The molecule has 18 heavy (non-hydrogen) atoms. The number of benzene rings is 1. The van der Waals surface area contributed by atoms with E-state index < -0.39 is 0 Å². The largest absolute Gasteiger partial charge is 0.493 e. The highest BCUT2D eigenvalue weighted by molar-refractivity contribution is 5.92. The van der Waals surface area contributed by atoms with Crippen molar-refractivity contribution in [3.8, 4) is 5.75 Å². The Kier molecular flexibility index (Phi) is 5.65. The maximum absolute atomic E-state index is 11.7. The molecule has 0 aliphatic heterocycles. The summed E-state index contributed by atoms with van der Waals surface area (Å²) in [6.45, 7) is 6.99. The molecule has 100 valence electrons. The van der Waals surface area contributed by atoms with Gasteiger partial charge in [-0.25, -0.2) is 0 Å². The molecule has 1 unspecified atom stereocenters. The van der Waals surface area contributed by atoms with Gasteiger partial charge in [0.05, 0.1) is 6.61 Å². The fourth-order valence-electron chi connectivity index (χ4n) is 1.30. The highest BCUT2D eigenvalue weighted by atomic mass is 16.5. The van der Waals surface area contributed by atoms with E-state index in [2.05, 4.69) is 19.2 Å². The van der Waals surface area contributed by atoms with Crippen molar-refractivity contribution in [3.05, 3.63) is 24.3 Å². The number of amides is 1. The fourth-order valence-corrected chi connectivity index (χ4v) is 1.30. The van der Waals surface area contributed by atoms with Crippen LogP contribution in [0.5, 0.6) is 5.75 Å². The van der Waals surface area contributed by atoms with Gasteiger partial charge in [-0.3, -0.25) is 4.79 Å². The molecule has 1 atom stereocenters. The van der Waals surface area contributed by atoms with Crippen LogP contribution >= 0.6 is 0 Å². The molecule has 4 heteroatoms. The number of anilines is 1. The van der Waals surface area contributed by atoms with Gasteiger partial charge in [0.2, 0.25) is 5.91 Å².